The van der Waals surface area contributed by atoms with Crippen molar-refractivity contribution in [1.82, 2.24) is 5.32 Å². The Labute approximate surface area is 109 Å². The molecule has 1 rings (SSSR count). The van der Waals surface area contributed by atoms with Crippen LogP contribution in [-0.4, -0.2) is 25.0 Å². The largest absolute Gasteiger partial charge is 0.466 e. The van der Waals surface area contributed by atoms with E-state index in [0.717, 1.165) is 12.5 Å². The van der Waals surface area contributed by atoms with Crippen molar-refractivity contribution in [2.45, 2.75) is 52.4 Å². The second kappa shape index (κ2) is 8.11. The molecule has 18 heavy (non-hydrogen) atoms. The number of nitrogens with one attached hydrogen (secondary N) is 1. The zero-order valence-electron chi connectivity index (χ0n) is 11.5. The fourth-order valence-electron chi connectivity index (χ4n) is 2.33. The second-order valence-corrected chi connectivity index (χ2v) is 5.23. The minimum absolute atomic E-state index is 0.0401. The molecule has 0 spiro atoms. The third-order valence-corrected chi connectivity index (χ3v) is 3.58. The Kier molecular flexibility index (Phi) is 6.76. The molecule has 0 heterocycles. The molecule has 4 heteroatoms. The number of rotatable bonds is 6. The van der Waals surface area contributed by atoms with E-state index in [-0.39, 0.29) is 24.7 Å². The minimum atomic E-state index is -0.292. The highest BCUT2D eigenvalue weighted by atomic mass is 16.5. The van der Waals surface area contributed by atoms with Crippen LogP contribution in [0, 0.1) is 11.8 Å². The Balaban J connectivity index is 2.08. The van der Waals surface area contributed by atoms with E-state index in [1.54, 1.807) is 6.92 Å². The van der Waals surface area contributed by atoms with Crippen LogP contribution < -0.4 is 5.32 Å². The lowest BCUT2D eigenvalue weighted by Crippen LogP contribution is -2.31. The molecule has 0 atom stereocenters. The molecule has 0 aromatic rings. The van der Waals surface area contributed by atoms with Gasteiger partial charge < -0.3 is 10.1 Å². The number of ether oxygens (including phenoxy) is 1. The van der Waals surface area contributed by atoms with Gasteiger partial charge in [0.05, 0.1) is 13.0 Å². The van der Waals surface area contributed by atoms with Gasteiger partial charge in [-0.05, 0) is 31.6 Å². The van der Waals surface area contributed by atoms with Gasteiger partial charge in [0.25, 0.3) is 0 Å². The Hall–Kier alpha value is -1.06. The van der Waals surface area contributed by atoms with Crippen molar-refractivity contribution in [3.63, 3.8) is 0 Å². The van der Waals surface area contributed by atoms with Crippen LogP contribution in [-0.2, 0) is 14.3 Å². The monoisotopic (exact) mass is 255 g/mol. The van der Waals surface area contributed by atoms with Crippen molar-refractivity contribution < 1.29 is 14.3 Å². The minimum Gasteiger partial charge on any atom is -0.466 e. The number of hydrogen-bond donors (Lipinski definition) is 1. The summed E-state index contributed by atoms with van der Waals surface area (Å²) in [5.41, 5.74) is 0. The molecule has 4 nitrogen and oxygen atoms in total. The summed E-state index contributed by atoms with van der Waals surface area (Å²) in [7, 11) is 0. The van der Waals surface area contributed by atoms with Gasteiger partial charge in [0.2, 0.25) is 5.91 Å². The van der Waals surface area contributed by atoms with E-state index in [0.29, 0.717) is 12.5 Å². The van der Waals surface area contributed by atoms with Crippen LogP contribution in [0.15, 0.2) is 0 Å². The van der Waals surface area contributed by atoms with Gasteiger partial charge >= 0.3 is 5.97 Å². The van der Waals surface area contributed by atoms with Crippen molar-refractivity contribution in [3.8, 4) is 0 Å². The van der Waals surface area contributed by atoms with E-state index < -0.39 is 0 Å². The molecule has 0 unspecified atom stereocenters. The quantitative estimate of drug-likeness (QED) is 0.741. The Bertz CT molecular complexity index is 270. The first kappa shape index (κ1) is 15.0. The molecule has 1 aliphatic rings. The number of esters is 1. The van der Waals surface area contributed by atoms with Crippen molar-refractivity contribution in [2.24, 2.45) is 11.8 Å². The van der Waals surface area contributed by atoms with Crippen LogP contribution in [0.5, 0.6) is 0 Å². The summed E-state index contributed by atoms with van der Waals surface area (Å²) in [5.74, 6) is 1.12. The second-order valence-electron chi connectivity index (χ2n) is 5.23. The van der Waals surface area contributed by atoms with Gasteiger partial charge in [0.15, 0.2) is 0 Å². The predicted octanol–water partition coefficient (Wildman–Crippen LogP) is 2.27. The summed E-state index contributed by atoms with van der Waals surface area (Å²) in [4.78, 5) is 22.6. The normalized spacial score (nSPS) is 23.4. The van der Waals surface area contributed by atoms with Crippen molar-refractivity contribution >= 4 is 11.9 Å². The highest BCUT2D eigenvalue weighted by Gasteiger charge is 2.18. The van der Waals surface area contributed by atoms with Crippen LogP contribution in [0.25, 0.3) is 0 Å². The van der Waals surface area contributed by atoms with E-state index in [9.17, 15) is 9.59 Å². The standard InChI is InChI=1S/C14H25NO3/c1-3-18-14(17)9-8-13(16)15-10-12-6-4-11(2)5-7-12/h11-12H,3-10H2,1-2H3,(H,15,16). The van der Waals surface area contributed by atoms with Crippen LogP contribution >= 0.6 is 0 Å². The molecule has 0 aromatic heterocycles. The highest BCUT2D eigenvalue weighted by molar-refractivity contribution is 5.81. The van der Waals surface area contributed by atoms with Crippen molar-refractivity contribution in [2.75, 3.05) is 13.2 Å². The molecule has 1 N–H and O–H groups in total. The van der Waals surface area contributed by atoms with E-state index in [1.807, 2.05) is 0 Å². The topological polar surface area (TPSA) is 55.4 Å². The van der Waals surface area contributed by atoms with Gasteiger partial charge in [0.1, 0.15) is 0 Å². The maximum Gasteiger partial charge on any atom is 0.306 e. The third kappa shape index (κ3) is 6.03. The summed E-state index contributed by atoms with van der Waals surface area (Å²) in [6, 6.07) is 0. The van der Waals surface area contributed by atoms with Crippen LogP contribution in [0.2, 0.25) is 0 Å². The summed E-state index contributed by atoms with van der Waals surface area (Å²) in [6.45, 7) is 5.19. The van der Waals surface area contributed by atoms with E-state index >= 15 is 0 Å². The van der Waals surface area contributed by atoms with Gasteiger partial charge in [-0.1, -0.05) is 19.8 Å². The molecule has 0 bridgehead atoms. The van der Waals surface area contributed by atoms with Crippen LogP contribution in [0.4, 0.5) is 0 Å². The van der Waals surface area contributed by atoms with E-state index in [1.165, 1.54) is 25.7 Å². The Morgan fingerprint density at radius 3 is 2.44 bits per heavy atom. The van der Waals surface area contributed by atoms with Gasteiger partial charge in [-0.25, -0.2) is 0 Å². The average molecular weight is 255 g/mol. The highest BCUT2D eigenvalue weighted by Crippen LogP contribution is 2.27. The molecule has 1 amide bonds. The van der Waals surface area contributed by atoms with Crippen molar-refractivity contribution in [3.05, 3.63) is 0 Å². The molecule has 0 radical (unpaired) electrons. The average Bonchev–Trinajstić information content (AvgIpc) is 2.36. The van der Waals surface area contributed by atoms with Gasteiger partial charge in [-0.3, -0.25) is 9.59 Å². The lowest BCUT2D eigenvalue weighted by atomic mass is 9.83. The smallest absolute Gasteiger partial charge is 0.306 e. The lowest BCUT2D eigenvalue weighted by Gasteiger charge is -2.26. The number of carbonyl (C=O) groups is 2. The zero-order valence-corrected chi connectivity index (χ0v) is 11.5. The fraction of sp³-hybridized carbons (Fsp3) is 0.857. The first-order chi connectivity index (χ1) is 8.61. The molecule has 104 valence electrons. The van der Waals surface area contributed by atoms with Gasteiger partial charge in [0, 0.05) is 13.0 Å². The molecular weight excluding hydrogens is 230 g/mol. The lowest BCUT2D eigenvalue weighted by molar-refractivity contribution is -0.144. The zero-order chi connectivity index (χ0) is 13.4. The van der Waals surface area contributed by atoms with Crippen LogP contribution in [0.3, 0.4) is 0 Å². The van der Waals surface area contributed by atoms with Crippen LogP contribution in [0.1, 0.15) is 52.4 Å². The van der Waals surface area contributed by atoms with Gasteiger partial charge in [-0.15, -0.1) is 0 Å². The number of carbonyl (C=O) groups excluding carboxylic acids is 2. The summed E-state index contributed by atoms with van der Waals surface area (Å²) >= 11 is 0. The number of amides is 1. The Morgan fingerprint density at radius 2 is 1.83 bits per heavy atom. The molecule has 1 saturated carbocycles. The first-order valence-corrected chi connectivity index (χ1v) is 7.04. The van der Waals surface area contributed by atoms with Crippen molar-refractivity contribution in [1.29, 1.82) is 0 Å². The van der Waals surface area contributed by atoms with E-state index in [4.69, 9.17) is 4.74 Å². The Morgan fingerprint density at radius 1 is 1.17 bits per heavy atom. The molecule has 0 saturated heterocycles. The molecule has 0 aromatic carbocycles. The number of hydrogen-bond acceptors (Lipinski definition) is 3. The maximum atomic E-state index is 11.5. The summed E-state index contributed by atoms with van der Waals surface area (Å²) in [5, 5.41) is 2.92. The summed E-state index contributed by atoms with van der Waals surface area (Å²) < 4.78 is 4.78. The fourth-order valence-corrected chi connectivity index (χ4v) is 2.33. The van der Waals surface area contributed by atoms with Gasteiger partial charge in [-0.2, -0.15) is 0 Å². The molecule has 0 aliphatic heterocycles. The SMILES string of the molecule is CCOC(=O)CCC(=O)NCC1CCC(C)CC1. The predicted molar refractivity (Wildman–Crippen MR) is 70.0 cm³/mol. The maximum absolute atomic E-state index is 11.5. The molecular formula is C14H25NO3. The third-order valence-electron chi connectivity index (χ3n) is 3.58. The molecule has 1 fully saturated rings. The van der Waals surface area contributed by atoms with E-state index in [2.05, 4.69) is 12.2 Å². The summed E-state index contributed by atoms with van der Waals surface area (Å²) in [6.07, 6.45) is 5.37. The first-order valence-electron chi connectivity index (χ1n) is 7.04. The molecule has 1 aliphatic carbocycles.